The van der Waals surface area contributed by atoms with E-state index in [1.54, 1.807) is 0 Å². The first-order valence-corrected chi connectivity index (χ1v) is 9.24. The first-order valence-electron chi connectivity index (χ1n) is 9.24. The van der Waals surface area contributed by atoms with Gasteiger partial charge in [-0.05, 0) is 26.9 Å². The number of carbonyl (C=O) groups is 1. The zero-order chi connectivity index (χ0) is 18.4. The fourth-order valence-corrected chi connectivity index (χ4v) is 3.20. The van der Waals surface area contributed by atoms with E-state index in [9.17, 15) is 4.79 Å². The molecule has 2 aromatic rings. The molecular formula is C19H27N5O2. The lowest BCUT2D eigenvalue weighted by molar-refractivity contribution is -0.133. The molecule has 1 aromatic carbocycles. The molecule has 26 heavy (non-hydrogen) atoms. The molecule has 1 amide bonds. The van der Waals surface area contributed by atoms with E-state index < -0.39 is 0 Å². The Hall–Kier alpha value is -2.25. The van der Waals surface area contributed by atoms with Gasteiger partial charge in [0, 0.05) is 38.2 Å². The Morgan fingerprint density at radius 3 is 2.65 bits per heavy atom. The first-order chi connectivity index (χ1) is 12.7. The largest absolute Gasteiger partial charge is 0.340 e. The molecule has 0 saturated carbocycles. The summed E-state index contributed by atoms with van der Waals surface area (Å²) in [6.45, 7) is 6.10. The predicted molar refractivity (Wildman–Crippen MR) is 99.5 cm³/mol. The van der Waals surface area contributed by atoms with E-state index in [2.05, 4.69) is 27.3 Å². The molecule has 0 spiro atoms. The number of amides is 1. The summed E-state index contributed by atoms with van der Waals surface area (Å²) in [6, 6.07) is 9.87. The highest BCUT2D eigenvalue weighted by Crippen LogP contribution is 2.23. The second kappa shape index (κ2) is 8.91. The molecule has 3 rings (SSSR count). The Kier molecular flexibility index (Phi) is 6.35. The van der Waals surface area contributed by atoms with Gasteiger partial charge in [0.05, 0.1) is 6.04 Å². The van der Waals surface area contributed by atoms with Gasteiger partial charge in [-0.3, -0.25) is 9.69 Å². The van der Waals surface area contributed by atoms with Crippen LogP contribution in [-0.2, 0) is 4.79 Å². The molecular weight excluding hydrogens is 330 g/mol. The maximum Gasteiger partial charge on any atom is 0.244 e. The standard InChI is InChI=1S/C19H27N5O2/c1-15(19-21-18(22-26-19)16-7-4-3-5-8-16)23-11-13-24(14-12-23)17(25)9-6-10-20-2/h3-5,7-8,15,20H,6,9-14H2,1-2H3. The number of piperazine rings is 1. The summed E-state index contributed by atoms with van der Waals surface area (Å²) in [4.78, 5) is 21.0. The highest BCUT2D eigenvalue weighted by molar-refractivity contribution is 5.76. The van der Waals surface area contributed by atoms with Gasteiger partial charge in [-0.2, -0.15) is 4.98 Å². The highest BCUT2D eigenvalue weighted by atomic mass is 16.5. The van der Waals surface area contributed by atoms with Crippen LogP contribution in [0.3, 0.4) is 0 Å². The van der Waals surface area contributed by atoms with Crippen LogP contribution in [0.4, 0.5) is 0 Å². The topological polar surface area (TPSA) is 74.5 Å². The second-order valence-electron chi connectivity index (χ2n) is 6.62. The van der Waals surface area contributed by atoms with E-state index in [1.807, 2.05) is 42.3 Å². The minimum atomic E-state index is 0.0431. The smallest absolute Gasteiger partial charge is 0.244 e. The Balaban J connectivity index is 1.53. The van der Waals surface area contributed by atoms with Gasteiger partial charge in [-0.25, -0.2) is 0 Å². The molecule has 7 heteroatoms. The van der Waals surface area contributed by atoms with Crippen molar-refractivity contribution in [1.82, 2.24) is 25.3 Å². The van der Waals surface area contributed by atoms with Crippen molar-refractivity contribution in [1.29, 1.82) is 0 Å². The average Bonchev–Trinajstić information content (AvgIpc) is 3.18. The maximum atomic E-state index is 12.2. The van der Waals surface area contributed by atoms with Crippen molar-refractivity contribution in [3.05, 3.63) is 36.2 Å². The molecule has 1 atom stereocenters. The summed E-state index contributed by atoms with van der Waals surface area (Å²) >= 11 is 0. The second-order valence-corrected chi connectivity index (χ2v) is 6.62. The van der Waals surface area contributed by atoms with Crippen LogP contribution in [0.5, 0.6) is 0 Å². The number of aromatic nitrogens is 2. The van der Waals surface area contributed by atoms with Crippen LogP contribution in [0.2, 0.25) is 0 Å². The monoisotopic (exact) mass is 357 g/mol. The van der Waals surface area contributed by atoms with Crippen LogP contribution in [0, 0.1) is 0 Å². The third-order valence-electron chi connectivity index (χ3n) is 4.86. The number of carbonyl (C=O) groups excluding carboxylic acids is 1. The summed E-state index contributed by atoms with van der Waals surface area (Å²) in [5.74, 6) is 1.49. The lowest BCUT2D eigenvalue weighted by atomic mass is 10.2. The Morgan fingerprint density at radius 2 is 1.96 bits per heavy atom. The minimum Gasteiger partial charge on any atom is -0.340 e. The third-order valence-corrected chi connectivity index (χ3v) is 4.86. The normalized spacial score (nSPS) is 16.6. The Morgan fingerprint density at radius 1 is 1.23 bits per heavy atom. The summed E-state index contributed by atoms with van der Waals surface area (Å²) < 4.78 is 5.48. The van der Waals surface area contributed by atoms with E-state index in [0.717, 1.165) is 44.7 Å². The molecule has 0 aliphatic carbocycles. The SMILES string of the molecule is CNCCCC(=O)N1CCN(C(C)c2nc(-c3ccccc3)no2)CC1. The molecule has 2 heterocycles. The van der Waals surface area contributed by atoms with Crippen molar-refractivity contribution in [2.45, 2.75) is 25.8 Å². The highest BCUT2D eigenvalue weighted by Gasteiger charge is 2.27. The summed E-state index contributed by atoms with van der Waals surface area (Å²) in [5, 5.41) is 7.18. The fraction of sp³-hybridized carbons (Fsp3) is 0.526. The molecule has 7 nitrogen and oxygen atoms in total. The van der Waals surface area contributed by atoms with Crippen molar-refractivity contribution in [3.63, 3.8) is 0 Å². The van der Waals surface area contributed by atoms with Crippen molar-refractivity contribution < 1.29 is 9.32 Å². The van der Waals surface area contributed by atoms with E-state index >= 15 is 0 Å². The summed E-state index contributed by atoms with van der Waals surface area (Å²) in [7, 11) is 1.91. The van der Waals surface area contributed by atoms with E-state index in [4.69, 9.17) is 4.52 Å². The molecule has 0 radical (unpaired) electrons. The molecule has 1 unspecified atom stereocenters. The number of rotatable bonds is 7. The number of benzene rings is 1. The van der Waals surface area contributed by atoms with Crippen LogP contribution in [-0.4, -0.2) is 65.6 Å². The fourth-order valence-electron chi connectivity index (χ4n) is 3.20. The molecule has 1 aromatic heterocycles. The maximum absolute atomic E-state index is 12.2. The summed E-state index contributed by atoms with van der Waals surface area (Å²) in [6.07, 6.45) is 1.50. The van der Waals surface area contributed by atoms with E-state index in [-0.39, 0.29) is 11.9 Å². The van der Waals surface area contributed by atoms with Gasteiger partial charge in [0.2, 0.25) is 17.6 Å². The molecule has 1 fully saturated rings. The van der Waals surface area contributed by atoms with Crippen LogP contribution >= 0.6 is 0 Å². The molecule has 0 bridgehead atoms. The predicted octanol–water partition coefficient (Wildman–Crippen LogP) is 1.94. The lowest BCUT2D eigenvalue weighted by Crippen LogP contribution is -2.49. The van der Waals surface area contributed by atoms with Gasteiger partial charge in [-0.1, -0.05) is 35.5 Å². The Bertz CT molecular complexity index is 695. The van der Waals surface area contributed by atoms with Crippen LogP contribution < -0.4 is 5.32 Å². The van der Waals surface area contributed by atoms with Gasteiger partial charge >= 0.3 is 0 Å². The Labute approximate surface area is 154 Å². The molecule has 1 N–H and O–H groups in total. The van der Waals surface area contributed by atoms with Crippen molar-refractivity contribution in [2.24, 2.45) is 0 Å². The quantitative estimate of drug-likeness (QED) is 0.764. The number of hydrogen-bond acceptors (Lipinski definition) is 6. The van der Waals surface area contributed by atoms with Crippen LogP contribution in [0.25, 0.3) is 11.4 Å². The van der Waals surface area contributed by atoms with Gasteiger partial charge in [0.1, 0.15) is 0 Å². The molecule has 1 aliphatic heterocycles. The molecule has 1 aliphatic rings. The van der Waals surface area contributed by atoms with Gasteiger partial charge in [-0.15, -0.1) is 0 Å². The van der Waals surface area contributed by atoms with E-state index in [1.165, 1.54) is 0 Å². The van der Waals surface area contributed by atoms with Crippen molar-refractivity contribution in [3.8, 4) is 11.4 Å². The number of nitrogens with zero attached hydrogens (tertiary/aromatic N) is 4. The average molecular weight is 357 g/mol. The van der Waals surface area contributed by atoms with Crippen molar-refractivity contribution >= 4 is 5.91 Å². The number of hydrogen-bond donors (Lipinski definition) is 1. The lowest BCUT2D eigenvalue weighted by Gasteiger charge is -2.36. The zero-order valence-electron chi connectivity index (χ0n) is 15.5. The van der Waals surface area contributed by atoms with E-state index in [0.29, 0.717) is 18.1 Å². The first kappa shape index (κ1) is 18.5. The third kappa shape index (κ3) is 4.47. The van der Waals surface area contributed by atoms with Crippen LogP contribution in [0.1, 0.15) is 31.7 Å². The minimum absolute atomic E-state index is 0.0431. The van der Waals surface area contributed by atoms with Gasteiger partial charge in [0.15, 0.2) is 0 Å². The number of nitrogens with one attached hydrogen (secondary N) is 1. The van der Waals surface area contributed by atoms with Gasteiger partial charge in [0.25, 0.3) is 0 Å². The van der Waals surface area contributed by atoms with Crippen LogP contribution in [0.15, 0.2) is 34.9 Å². The zero-order valence-corrected chi connectivity index (χ0v) is 15.5. The van der Waals surface area contributed by atoms with Gasteiger partial charge < -0.3 is 14.7 Å². The van der Waals surface area contributed by atoms with Crippen molar-refractivity contribution in [2.75, 3.05) is 39.8 Å². The molecule has 1 saturated heterocycles. The molecule has 140 valence electrons. The summed E-state index contributed by atoms with van der Waals surface area (Å²) in [5.41, 5.74) is 0.951.